The molecule has 0 aliphatic carbocycles. The van der Waals surface area contributed by atoms with Crippen molar-refractivity contribution in [3.63, 3.8) is 0 Å². The van der Waals surface area contributed by atoms with E-state index in [9.17, 15) is 9.59 Å². The summed E-state index contributed by atoms with van der Waals surface area (Å²) in [6, 6.07) is 3.45. The Balaban J connectivity index is 1.90. The van der Waals surface area contributed by atoms with Gasteiger partial charge in [-0.2, -0.15) is 0 Å². The molecule has 0 spiro atoms. The van der Waals surface area contributed by atoms with Crippen LogP contribution in [0.15, 0.2) is 12.1 Å². The third-order valence-electron chi connectivity index (χ3n) is 3.45. The van der Waals surface area contributed by atoms with Gasteiger partial charge in [-0.15, -0.1) is 0 Å². The summed E-state index contributed by atoms with van der Waals surface area (Å²) in [5, 5.41) is 11.4. The van der Waals surface area contributed by atoms with Crippen LogP contribution in [0.5, 0.6) is 0 Å². The van der Waals surface area contributed by atoms with E-state index in [0.717, 1.165) is 23.2 Å². The van der Waals surface area contributed by atoms with Crippen LogP contribution >= 0.6 is 23.6 Å². The molecule has 9 heteroatoms. The first-order valence-electron chi connectivity index (χ1n) is 7.78. The molecule has 2 amide bonds. The van der Waals surface area contributed by atoms with Crippen molar-refractivity contribution in [3.8, 4) is 0 Å². The third kappa shape index (κ3) is 5.00. The lowest BCUT2D eigenvalue weighted by Crippen LogP contribution is -2.40. The first-order chi connectivity index (χ1) is 11.5. The number of hydrogen-bond acceptors (Lipinski definition) is 5. The molecule has 0 aliphatic rings. The van der Waals surface area contributed by atoms with Crippen molar-refractivity contribution >= 4 is 51.7 Å². The van der Waals surface area contributed by atoms with Crippen molar-refractivity contribution in [3.05, 3.63) is 16.1 Å². The molecule has 0 radical (unpaired) electrons. The molecule has 130 valence electrons. The molecule has 2 rings (SSSR count). The number of unbranched alkanes of at least 4 members (excludes halogenated alkanes) is 2. The molecule has 2 heterocycles. The van der Waals surface area contributed by atoms with E-state index in [1.165, 1.54) is 11.3 Å². The monoisotopic (exact) mass is 368 g/mol. The number of carbonyl (C=O) groups excluding carboxylic acids is 1. The molecule has 0 fully saturated rings. The van der Waals surface area contributed by atoms with E-state index in [2.05, 4.69) is 15.3 Å². The standard InChI is InChI=1S/C15H20N4O3S2/c1-2-19(14(22)16-9-5-3-4-6-12(20)21)11-8-7-10-13(18-11)24-15(23)17-10/h7-8H,2-6,9H2,1H3,(H,16,22)(H,17,23)(H,20,21). The second-order valence-electron chi connectivity index (χ2n) is 5.22. The number of anilines is 1. The maximum Gasteiger partial charge on any atom is 0.323 e. The molecular weight excluding hydrogens is 348 g/mol. The molecule has 2 aromatic heterocycles. The highest BCUT2D eigenvalue weighted by molar-refractivity contribution is 7.73. The Morgan fingerprint density at radius 1 is 1.38 bits per heavy atom. The molecule has 0 aliphatic heterocycles. The summed E-state index contributed by atoms with van der Waals surface area (Å²) in [7, 11) is 0. The number of nitrogens with one attached hydrogen (secondary N) is 2. The average Bonchev–Trinajstić information content (AvgIpc) is 2.90. The van der Waals surface area contributed by atoms with Crippen LogP contribution in [-0.2, 0) is 4.79 Å². The molecule has 0 aromatic carbocycles. The Morgan fingerprint density at radius 2 is 2.17 bits per heavy atom. The van der Waals surface area contributed by atoms with Gasteiger partial charge < -0.3 is 15.4 Å². The van der Waals surface area contributed by atoms with Crippen LogP contribution in [-0.4, -0.2) is 40.2 Å². The van der Waals surface area contributed by atoms with Gasteiger partial charge in [0.15, 0.2) is 3.95 Å². The Labute approximate surface area is 148 Å². The lowest BCUT2D eigenvalue weighted by Gasteiger charge is -2.20. The highest BCUT2D eigenvalue weighted by Gasteiger charge is 2.15. The van der Waals surface area contributed by atoms with Crippen molar-refractivity contribution < 1.29 is 14.7 Å². The fourth-order valence-corrected chi connectivity index (χ4v) is 3.31. The Hall–Kier alpha value is -2.00. The molecular formula is C15H20N4O3S2. The number of aromatic nitrogens is 2. The van der Waals surface area contributed by atoms with Gasteiger partial charge in [-0.25, -0.2) is 9.78 Å². The fraction of sp³-hybridized carbons (Fsp3) is 0.467. The number of urea groups is 1. The summed E-state index contributed by atoms with van der Waals surface area (Å²) >= 11 is 6.48. The van der Waals surface area contributed by atoms with E-state index >= 15 is 0 Å². The minimum Gasteiger partial charge on any atom is -0.481 e. The second-order valence-corrected chi connectivity index (χ2v) is 6.88. The molecule has 7 nitrogen and oxygen atoms in total. The van der Waals surface area contributed by atoms with E-state index in [-0.39, 0.29) is 12.5 Å². The Bertz CT molecular complexity index is 771. The van der Waals surface area contributed by atoms with Crippen molar-refractivity contribution in [1.29, 1.82) is 0 Å². The summed E-state index contributed by atoms with van der Waals surface area (Å²) in [4.78, 5) is 32.6. The van der Waals surface area contributed by atoms with Crippen LogP contribution in [0.25, 0.3) is 10.3 Å². The van der Waals surface area contributed by atoms with Crippen LogP contribution in [0.4, 0.5) is 10.6 Å². The molecule has 3 N–H and O–H groups in total. The van der Waals surface area contributed by atoms with Crippen LogP contribution < -0.4 is 10.2 Å². The number of aromatic amines is 1. The topological polar surface area (TPSA) is 98.3 Å². The first-order valence-corrected chi connectivity index (χ1v) is 9.00. The largest absolute Gasteiger partial charge is 0.481 e. The molecule has 0 atom stereocenters. The maximum atomic E-state index is 12.3. The predicted molar refractivity (Wildman–Crippen MR) is 97.3 cm³/mol. The van der Waals surface area contributed by atoms with E-state index in [4.69, 9.17) is 17.3 Å². The fourth-order valence-electron chi connectivity index (χ4n) is 2.26. The lowest BCUT2D eigenvalue weighted by molar-refractivity contribution is -0.137. The number of carboxylic acids is 1. The van der Waals surface area contributed by atoms with Crippen LogP contribution in [0.1, 0.15) is 32.6 Å². The smallest absolute Gasteiger partial charge is 0.323 e. The van der Waals surface area contributed by atoms with Crippen molar-refractivity contribution in [1.82, 2.24) is 15.3 Å². The van der Waals surface area contributed by atoms with E-state index < -0.39 is 5.97 Å². The van der Waals surface area contributed by atoms with Crippen LogP contribution in [0.2, 0.25) is 0 Å². The van der Waals surface area contributed by atoms with Crippen LogP contribution in [0.3, 0.4) is 0 Å². The van der Waals surface area contributed by atoms with Gasteiger partial charge in [0.2, 0.25) is 0 Å². The molecule has 0 bridgehead atoms. The highest BCUT2D eigenvalue weighted by Crippen LogP contribution is 2.21. The van der Waals surface area contributed by atoms with Crippen molar-refractivity contribution in [2.24, 2.45) is 0 Å². The van der Waals surface area contributed by atoms with E-state index in [0.29, 0.717) is 29.3 Å². The number of hydrogen-bond donors (Lipinski definition) is 3. The molecule has 0 saturated carbocycles. The zero-order valence-corrected chi connectivity index (χ0v) is 15.0. The first kappa shape index (κ1) is 18.3. The maximum absolute atomic E-state index is 12.3. The molecule has 24 heavy (non-hydrogen) atoms. The van der Waals surface area contributed by atoms with Gasteiger partial charge in [-0.05, 0) is 44.1 Å². The number of H-pyrrole nitrogens is 1. The normalized spacial score (nSPS) is 10.7. The Kier molecular flexibility index (Phi) is 6.68. The van der Waals surface area contributed by atoms with Gasteiger partial charge in [-0.1, -0.05) is 17.8 Å². The van der Waals surface area contributed by atoms with Gasteiger partial charge in [0.1, 0.15) is 10.6 Å². The molecule has 0 unspecified atom stereocenters. The number of carboxylic acid groups (broad SMARTS) is 1. The van der Waals surface area contributed by atoms with Gasteiger partial charge in [0.25, 0.3) is 0 Å². The van der Waals surface area contributed by atoms with E-state index in [1.807, 2.05) is 13.0 Å². The lowest BCUT2D eigenvalue weighted by atomic mass is 10.2. The van der Waals surface area contributed by atoms with E-state index in [1.54, 1.807) is 11.0 Å². The minimum atomic E-state index is -0.786. The van der Waals surface area contributed by atoms with Crippen molar-refractivity contribution in [2.75, 3.05) is 18.0 Å². The SMILES string of the molecule is CCN(C(=O)NCCCCCC(=O)O)c1ccc2[nH]c(=S)sc2n1. The second kappa shape index (κ2) is 8.74. The number of carbonyl (C=O) groups is 2. The van der Waals surface area contributed by atoms with Gasteiger partial charge >= 0.3 is 12.0 Å². The Morgan fingerprint density at radius 3 is 2.88 bits per heavy atom. The number of thiazole rings is 1. The summed E-state index contributed by atoms with van der Waals surface area (Å²) in [5.74, 6) is -0.204. The summed E-state index contributed by atoms with van der Waals surface area (Å²) in [5.41, 5.74) is 0.864. The number of pyridine rings is 1. The highest BCUT2D eigenvalue weighted by atomic mass is 32.1. The van der Waals surface area contributed by atoms with Crippen molar-refractivity contribution in [2.45, 2.75) is 32.6 Å². The van der Waals surface area contributed by atoms with Crippen LogP contribution in [0, 0.1) is 3.95 Å². The summed E-state index contributed by atoms with van der Waals surface area (Å²) in [6.45, 7) is 2.90. The summed E-state index contributed by atoms with van der Waals surface area (Å²) in [6.07, 6.45) is 2.32. The van der Waals surface area contributed by atoms with Gasteiger partial charge in [0.05, 0.1) is 5.52 Å². The number of amides is 2. The average molecular weight is 368 g/mol. The number of rotatable bonds is 8. The third-order valence-corrected chi connectivity index (χ3v) is 4.60. The number of aliphatic carboxylic acids is 1. The molecule has 0 saturated heterocycles. The zero-order valence-electron chi connectivity index (χ0n) is 13.4. The molecule has 2 aromatic rings. The van der Waals surface area contributed by atoms with Gasteiger partial charge in [0, 0.05) is 19.5 Å². The van der Waals surface area contributed by atoms with Gasteiger partial charge in [-0.3, -0.25) is 9.69 Å². The predicted octanol–water partition coefficient (Wildman–Crippen LogP) is 3.53. The number of nitrogens with zero attached hydrogens (tertiary/aromatic N) is 2. The number of fused-ring (bicyclic) bond motifs is 1. The minimum absolute atomic E-state index is 0.168. The quantitative estimate of drug-likeness (QED) is 0.489. The summed E-state index contributed by atoms with van der Waals surface area (Å²) < 4.78 is 0.656. The zero-order chi connectivity index (χ0) is 17.5.